The summed E-state index contributed by atoms with van der Waals surface area (Å²) < 4.78 is 0. The summed E-state index contributed by atoms with van der Waals surface area (Å²) in [6, 6.07) is 0.119. The van der Waals surface area contributed by atoms with Crippen LogP contribution in [0.15, 0.2) is 11.6 Å². The highest BCUT2D eigenvalue weighted by Gasteiger charge is 2.22. The van der Waals surface area contributed by atoms with Crippen molar-refractivity contribution in [1.82, 2.24) is 5.32 Å². The Morgan fingerprint density at radius 3 is 3.00 bits per heavy atom. The first-order valence-corrected chi connectivity index (χ1v) is 4.32. The molecule has 0 bridgehead atoms. The first-order valence-electron chi connectivity index (χ1n) is 3.95. The Bertz CT molecular complexity index is 149. The fourth-order valence-electron chi connectivity index (χ4n) is 1.38. The molecule has 1 saturated heterocycles. The third kappa shape index (κ3) is 2.81. The predicted octanol–water partition coefficient (Wildman–Crippen LogP) is 1.24. The minimum Gasteiger partial charge on any atom is -0.391 e. The number of rotatable bonds is 2. The molecule has 0 aromatic heterocycles. The van der Waals surface area contributed by atoms with Crippen LogP contribution in [-0.2, 0) is 0 Å². The van der Waals surface area contributed by atoms with Gasteiger partial charge in [0.25, 0.3) is 0 Å². The molecule has 0 amide bonds. The highest BCUT2D eigenvalue weighted by Crippen LogP contribution is 2.16. The lowest BCUT2D eigenvalue weighted by atomic mass is 9.99. The summed E-state index contributed by atoms with van der Waals surface area (Å²) in [4.78, 5) is 0. The molecule has 0 saturated carbocycles. The van der Waals surface area contributed by atoms with Crippen LogP contribution in [0.5, 0.6) is 0 Å². The van der Waals surface area contributed by atoms with Gasteiger partial charge in [0.2, 0.25) is 0 Å². The summed E-state index contributed by atoms with van der Waals surface area (Å²) in [5.41, 5.74) is 0. The fraction of sp³-hybridized carbons (Fsp3) is 0.750. The number of piperidine rings is 1. The highest BCUT2D eigenvalue weighted by molar-refractivity contribution is 6.29. The second-order valence-electron chi connectivity index (χ2n) is 2.99. The number of aliphatic hydroxyl groups excluding tert-OH is 1. The summed E-state index contributed by atoms with van der Waals surface area (Å²) in [5.74, 6) is 0. The molecule has 0 aromatic rings. The maximum absolute atomic E-state index is 9.46. The molecule has 1 aliphatic rings. The van der Waals surface area contributed by atoms with E-state index in [9.17, 15) is 5.11 Å². The number of halogens is 1. The Kier molecular flexibility index (Phi) is 3.37. The summed E-state index contributed by atoms with van der Waals surface area (Å²) in [7, 11) is 0. The molecule has 1 rings (SSSR count). The van der Waals surface area contributed by atoms with Crippen LogP contribution in [0.4, 0.5) is 0 Å². The lowest BCUT2D eigenvalue weighted by molar-refractivity contribution is 0.0971. The Hall–Kier alpha value is -0.0500. The molecule has 2 atom stereocenters. The average molecular weight is 176 g/mol. The van der Waals surface area contributed by atoms with Crippen LogP contribution in [0.3, 0.4) is 0 Å². The van der Waals surface area contributed by atoms with Crippen molar-refractivity contribution in [1.29, 1.82) is 0 Å². The molecule has 2 N–H and O–H groups in total. The largest absolute Gasteiger partial charge is 0.391 e. The van der Waals surface area contributed by atoms with Crippen molar-refractivity contribution in [2.45, 2.75) is 31.4 Å². The molecule has 3 heteroatoms. The van der Waals surface area contributed by atoms with Crippen molar-refractivity contribution in [2.24, 2.45) is 0 Å². The van der Waals surface area contributed by atoms with Crippen LogP contribution in [-0.4, -0.2) is 23.8 Å². The predicted molar refractivity (Wildman–Crippen MR) is 46.6 cm³/mol. The third-order valence-electron chi connectivity index (χ3n) is 1.99. The van der Waals surface area contributed by atoms with Crippen LogP contribution in [0, 0.1) is 0 Å². The maximum Gasteiger partial charge on any atom is 0.0697 e. The second-order valence-corrected chi connectivity index (χ2v) is 3.53. The standard InChI is InChI=1S/C8H14ClNO/c1-6(9)5-7-8(11)3-2-4-10-7/h7-8,10-11H,1-5H2/t7-,8-/m1/s1. The van der Waals surface area contributed by atoms with Gasteiger partial charge >= 0.3 is 0 Å². The zero-order valence-electron chi connectivity index (χ0n) is 6.52. The first kappa shape index (κ1) is 9.04. The van der Waals surface area contributed by atoms with E-state index in [2.05, 4.69) is 11.9 Å². The van der Waals surface area contributed by atoms with Crippen molar-refractivity contribution in [3.05, 3.63) is 11.6 Å². The molecule has 0 radical (unpaired) electrons. The highest BCUT2D eigenvalue weighted by atomic mass is 35.5. The van der Waals surface area contributed by atoms with Crippen LogP contribution in [0.1, 0.15) is 19.3 Å². The van der Waals surface area contributed by atoms with E-state index in [1.807, 2.05) is 0 Å². The Morgan fingerprint density at radius 2 is 2.45 bits per heavy atom. The van der Waals surface area contributed by atoms with Gasteiger partial charge in [0, 0.05) is 17.5 Å². The summed E-state index contributed by atoms with van der Waals surface area (Å²) in [6.07, 6.45) is 2.34. The van der Waals surface area contributed by atoms with Crippen molar-refractivity contribution in [3.63, 3.8) is 0 Å². The van der Waals surface area contributed by atoms with E-state index in [4.69, 9.17) is 11.6 Å². The van der Waals surface area contributed by atoms with Crippen molar-refractivity contribution < 1.29 is 5.11 Å². The SMILES string of the molecule is C=C(Cl)C[C@H]1NCCC[C@H]1O. The zero-order chi connectivity index (χ0) is 8.27. The first-order chi connectivity index (χ1) is 5.20. The van der Waals surface area contributed by atoms with Crippen LogP contribution in [0.2, 0.25) is 0 Å². The van der Waals surface area contributed by atoms with Crippen molar-refractivity contribution in [3.8, 4) is 0 Å². The minimum absolute atomic E-state index is 0.119. The number of nitrogens with one attached hydrogen (secondary N) is 1. The second kappa shape index (κ2) is 4.10. The van der Waals surface area contributed by atoms with Crippen LogP contribution in [0.25, 0.3) is 0 Å². The third-order valence-corrected chi connectivity index (χ3v) is 2.14. The van der Waals surface area contributed by atoms with E-state index in [0.29, 0.717) is 11.5 Å². The molecule has 1 fully saturated rings. The van der Waals surface area contributed by atoms with Gasteiger partial charge < -0.3 is 10.4 Å². The topological polar surface area (TPSA) is 32.3 Å². The van der Waals surface area contributed by atoms with Crippen molar-refractivity contribution >= 4 is 11.6 Å². The number of aliphatic hydroxyl groups is 1. The smallest absolute Gasteiger partial charge is 0.0697 e. The van der Waals surface area contributed by atoms with Gasteiger partial charge in [-0.1, -0.05) is 18.2 Å². The van der Waals surface area contributed by atoms with E-state index < -0.39 is 0 Å². The minimum atomic E-state index is -0.251. The molecule has 64 valence electrons. The van der Waals surface area contributed by atoms with Gasteiger partial charge in [0.1, 0.15) is 0 Å². The molecular formula is C8H14ClNO. The Labute approximate surface area is 72.2 Å². The maximum atomic E-state index is 9.46. The molecule has 1 aliphatic heterocycles. The van der Waals surface area contributed by atoms with Crippen molar-refractivity contribution in [2.75, 3.05) is 6.54 Å². The lowest BCUT2D eigenvalue weighted by Crippen LogP contribution is -2.44. The molecule has 1 heterocycles. The molecular weight excluding hydrogens is 162 g/mol. The van der Waals surface area contributed by atoms with E-state index in [-0.39, 0.29) is 12.1 Å². The molecule has 11 heavy (non-hydrogen) atoms. The van der Waals surface area contributed by atoms with Crippen LogP contribution >= 0.6 is 11.6 Å². The fourth-order valence-corrected chi connectivity index (χ4v) is 1.55. The number of hydrogen-bond acceptors (Lipinski definition) is 2. The normalized spacial score (nSPS) is 31.8. The number of hydrogen-bond donors (Lipinski definition) is 2. The summed E-state index contributed by atoms with van der Waals surface area (Å²) in [5, 5.41) is 13.3. The average Bonchev–Trinajstić information content (AvgIpc) is 1.93. The molecule has 2 nitrogen and oxygen atoms in total. The molecule has 0 unspecified atom stereocenters. The van der Waals surface area contributed by atoms with Gasteiger partial charge in [-0.3, -0.25) is 0 Å². The van der Waals surface area contributed by atoms with Gasteiger partial charge in [-0.2, -0.15) is 0 Å². The molecule has 0 aliphatic carbocycles. The Morgan fingerprint density at radius 1 is 1.73 bits per heavy atom. The molecule has 0 aromatic carbocycles. The van der Waals surface area contributed by atoms with Gasteiger partial charge in [0.15, 0.2) is 0 Å². The van der Waals surface area contributed by atoms with Crippen LogP contribution < -0.4 is 5.32 Å². The van der Waals surface area contributed by atoms with Gasteiger partial charge in [-0.25, -0.2) is 0 Å². The Balaban J connectivity index is 2.35. The summed E-state index contributed by atoms with van der Waals surface area (Å²) >= 11 is 5.63. The van der Waals surface area contributed by atoms with E-state index in [0.717, 1.165) is 19.4 Å². The van der Waals surface area contributed by atoms with E-state index in [1.165, 1.54) is 0 Å². The zero-order valence-corrected chi connectivity index (χ0v) is 7.27. The lowest BCUT2D eigenvalue weighted by Gasteiger charge is -2.28. The van der Waals surface area contributed by atoms with Gasteiger partial charge in [0.05, 0.1) is 6.10 Å². The van der Waals surface area contributed by atoms with E-state index in [1.54, 1.807) is 0 Å². The van der Waals surface area contributed by atoms with E-state index >= 15 is 0 Å². The van der Waals surface area contributed by atoms with Gasteiger partial charge in [-0.15, -0.1) is 0 Å². The quantitative estimate of drug-likeness (QED) is 0.662. The monoisotopic (exact) mass is 175 g/mol. The molecule has 0 spiro atoms. The summed E-state index contributed by atoms with van der Waals surface area (Å²) in [6.45, 7) is 4.58. The van der Waals surface area contributed by atoms with Gasteiger partial charge in [-0.05, 0) is 19.4 Å².